The van der Waals surface area contributed by atoms with Crippen LogP contribution in [0.25, 0.3) is 0 Å². The second-order valence-corrected chi connectivity index (χ2v) is 4.50. The van der Waals surface area contributed by atoms with Crippen LogP contribution >= 0.6 is 0 Å². The van der Waals surface area contributed by atoms with Crippen LogP contribution in [0.15, 0.2) is 24.3 Å². The molecule has 1 aliphatic heterocycles. The lowest BCUT2D eigenvalue weighted by Gasteiger charge is -2.34. The highest BCUT2D eigenvalue weighted by molar-refractivity contribution is 5.95. The molecule has 1 aliphatic rings. The van der Waals surface area contributed by atoms with Gasteiger partial charge in [-0.15, -0.1) is 0 Å². The Morgan fingerprint density at radius 3 is 3.11 bits per heavy atom. The first-order valence-electron chi connectivity index (χ1n) is 6.06. The highest BCUT2D eigenvalue weighted by atomic mass is 16.5. The third-order valence-electron chi connectivity index (χ3n) is 3.18. The Labute approximate surface area is 107 Å². The molecule has 18 heavy (non-hydrogen) atoms. The molecule has 5 nitrogen and oxygen atoms in total. The Morgan fingerprint density at radius 1 is 1.56 bits per heavy atom. The van der Waals surface area contributed by atoms with E-state index < -0.39 is 0 Å². The van der Waals surface area contributed by atoms with Gasteiger partial charge in [-0.05, 0) is 11.6 Å². The number of rotatable bonds is 4. The van der Waals surface area contributed by atoms with Crippen LogP contribution in [0.3, 0.4) is 0 Å². The van der Waals surface area contributed by atoms with E-state index in [4.69, 9.17) is 15.9 Å². The average Bonchev–Trinajstić information content (AvgIpc) is 2.39. The number of amidine groups is 1. The third kappa shape index (κ3) is 3.07. The molecule has 5 heteroatoms. The molecule has 0 aliphatic carbocycles. The van der Waals surface area contributed by atoms with E-state index in [1.54, 1.807) is 0 Å². The maximum Gasteiger partial charge on any atom is 0.122 e. The molecule has 1 aromatic carbocycles. The van der Waals surface area contributed by atoms with E-state index in [1.165, 1.54) is 0 Å². The van der Waals surface area contributed by atoms with Crippen molar-refractivity contribution in [2.24, 2.45) is 5.73 Å². The topological polar surface area (TPSA) is 82.6 Å². The van der Waals surface area contributed by atoms with Crippen LogP contribution < -0.4 is 5.73 Å². The molecule has 0 aromatic heterocycles. The lowest BCUT2D eigenvalue weighted by atomic mass is 10.1. The molecule has 1 heterocycles. The number of nitrogens with one attached hydrogen (secondary N) is 1. The summed E-state index contributed by atoms with van der Waals surface area (Å²) in [7, 11) is 0. The predicted molar refractivity (Wildman–Crippen MR) is 69.6 cm³/mol. The number of benzene rings is 1. The van der Waals surface area contributed by atoms with Crippen molar-refractivity contribution in [3.05, 3.63) is 35.4 Å². The summed E-state index contributed by atoms with van der Waals surface area (Å²) in [5, 5.41) is 16.7. The molecule has 1 aromatic rings. The maximum absolute atomic E-state index is 9.31. The van der Waals surface area contributed by atoms with Gasteiger partial charge in [0.25, 0.3) is 0 Å². The highest BCUT2D eigenvalue weighted by Crippen LogP contribution is 2.13. The van der Waals surface area contributed by atoms with Gasteiger partial charge in [-0.1, -0.05) is 18.2 Å². The van der Waals surface area contributed by atoms with E-state index in [9.17, 15) is 5.11 Å². The summed E-state index contributed by atoms with van der Waals surface area (Å²) >= 11 is 0. The lowest BCUT2D eigenvalue weighted by Crippen LogP contribution is -2.46. The molecular weight excluding hydrogens is 230 g/mol. The standard InChI is InChI=1S/C13H19N3O2/c14-13(15)11-3-1-2-10(6-11)7-16-4-5-18-9-12(16)8-17/h1-3,6,12,17H,4-5,7-9H2,(H3,14,15). The number of aliphatic hydroxyl groups excluding tert-OH is 1. The van der Waals surface area contributed by atoms with Gasteiger partial charge in [0.05, 0.1) is 25.9 Å². The third-order valence-corrected chi connectivity index (χ3v) is 3.18. The van der Waals surface area contributed by atoms with E-state index >= 15 is 0 Å². The van der Waals surface area contributed by atoms with Crippen molar-refractivity contribution in [3.63, 3.8) is 0 Å². The summed E-state index contributed by atoms with van der Waals surface area (Å²) in [6.45, 7) is 2.93. The van der Waals surface area contributed by atoms with E-state index in [2.05, 4.69) is 4.90 Å². The van der Waals surface area contributed by atoms with Crippen molar-refractivity contribution < 1.29 is 9.84 Å². The van der Waals surface area contributed by atoms with Gasteiger partial charge in [0.2, 0.25) is 0 Å². The number of hydrogen-bond donors (Lipinski definition) is 3. The van der Waals surface area contributed by atoms with Gasteiger partial charge in [0, 0.05) is 18.7 Å². The van der Waals surface area contributed by atoms with Crippen molar-refractivity contribution in [3.8, 4) is 0 Å². The maximum atomic E-state index is 9.31. The molecular formula is C13H19N3O2. The number of hydrogen-bond acceptors (Lipinski definition) is 4. The molecule has 4 N–H and O–H groups in total. The Morgan fingerprint density at radius 2 is 2.39 bits per heavy atom. The van der Waals surface area contributed by atoms with Crippen molar-refractivity contribution in [1.29, 1.82) is 5.41 Å². The van der Waals surface area contributed by atoms with Crippen LogP contribution in [0.1, 0.15) is 11.1 Å². The Balaban J connectivity index is 2.07. The second-order valence-electron chi connectivity index (χ2n) is 4.50. The van der Waals surface area contributed by atoms with Crippen molar-refractivity contribution in [1.82, 2.24) is 4.90 Å². The molecule has 0 spiro atoms. The van der Waals surface area contributed by atoms with Crippen LogP contribution in [0.5, 0.6) is 0 Å². The number of nitrogen functional groups attached to an aromatic ring is 1. The minimum atomic E-state index is 0.0553. The molecule has 2 rings (SSSR count). The second kappa shape index (κ2) is 5.95. The van der Waals surface area contributed by atoms with Gasteiger partial charge in [0.15, 0.2) is 0 Å². The SMILES string of the molecule is N=C(N)c1cccc(CN2CCOCC2CO)c1. The fraction of sp³-hybridized carbons (Fsp3) is 0.462. The fourth-order valence-electron chi connectivity index (χ4n) is 2.14. The number of nitrogens with zero attached hydrogens (tertiary/aromatic N) is 1. The minimum absolute atomic E-state index is 0.0553. The lowest BCUT2D eigenvalue weighted by molar-refractivity contribution is -0.0312. The van der Waals surface area contributed by atoms with Gasteiger partial charge < -0.3 is 15.6 Å². The zero-order valence-electron chi connectivity index (χ0n) is 10.3. The Kier molecular flexibility index (Phi) is 4.30. The predicted octanol–water partition coefficient (Wildman–Crippen LogP) is 0.164. The van der Waals surface area contributed by atoms with Crippen molar-refractivity contribution >= 4 is 5.84 Å². The number of nitrogens with two attached hydrogens (primary N) is 1. The first kappa shape index (κ1) is 13.0. The molecule has 1 fully saturated rings. The van der Waals surface area contributed by atoms with Gasteiger partial charge >= 0.3 is 0 Å². The first-order chi connectivity index (χ1) is 8.70. The Hall–Kier alpha value is -1.43. The van der Waals surface area contributed by atoms with Gasteiger partial charge in [-0.25, -0.2) is 0 Å². The van der Waals surface area contributed by atoms with E-state index in [0.29, 0.717) is 13.2 Å². The largest absolute Gasteiger partial charge is 0.395 e. The first-order valence-corrected chi connectivity index (χ1v) is 6.06. The van der Waals surface area contributed by atoms with E-state index in [-0.39, 0.29) is 18.5 Å². The van der Waals surface area contributed by atoms with E-state index in [0.717, 1.165) is 24.2 Å². The molecule has 0 radical (unpaired) electrons. The van der Waals surface area contributed by atoms with Crippen LogP contribution in [-0.4, -0.2) is 48.2 Å². The van der Waals surface area contributed by atoms with Gasteiger partial charge in [-0.2, -0.15) is 0 Å². The summed E-state index contributed by atoms with van der Waals surface area (Å²) in [6, 6.07) is 7.72. The number of aliphatic hydroxyl groups is 1. The van der Waals surface area contributed by atoms with Crippen LogP contribution in [-0.2, 0) is 11.3 Å². The summed E-state index contributed by atoms with van der Waals surface area (Å²) in [5.74, 6) is 0.0811. The van der Waals surface area contributed by atoms with Gasteiger partial charge in [-0.3, -0.25) is 10.3 Å². The summed E-state index contributed by atoms with van der Waals surface area (Å²) in [5.41, 5.74) is 7.32. The van der Waals surface area contributed by atoms with E-state index in [1.807, 2.05) is 24.3 Å². The van der Waals surface area contributed by atoms with Crippen LogP contribution in [0.4, 0.5) is 0 Å². The molecule has 0 saturated carbocycles. The van der Waals surface area contributed by atoms with Crippen LogP contribution in [0, 0.1) is 5.41 Å². The smallest absolute Gasteiger partial charge is 0.122 e. The average molecular weight is 249 g/mol. The van der Waals surface area contributed by atoms with Crippen molar-refractivity contribution in [2.75, 3.05) is 26.4 Å². The molecule has 1 unspecified atom stereocenters. The number of ether oxygens (including phenoxy) is 1. The summed E-state index contributed by atoms with van der Waals surface area (Å²) in [4.78, 5) is 2.20. The molecule has 0 bridgehead atoms. The normalized spacial score (nSPS) is 20.8. The number of morpholine rings is 1. The monoisotopic (exact) mass is 249 g/mol. The zero-order chi connectivity index (χ0) is 13.0. The van der Waals surface area contributed by atoms with Crippen LogP contribution in [0.2, 0.25) is 0 Å². The molecule has 1 atom stereocenters. The minimum Gasteiger partial charge on any atom is -0.395 e. The van der Waals surface area contributed by atoms with Gasteiger partial charge in [0.1, 0.15) is 5.84 Å². The molecule has 1 saturated heterocycles. The zero-order valence-corrected chi connectivity index (χ0v) is 10.3. The summed E-state index contributed by atoms with van der Waals surface area (Å²) in [6.07, 6.45) is 0. The summed E-state index contributed by atoms with van der Waals surface area (Å²) < 4.78 is 5.35. The highest BCUT2D eigenvalue weighted by Gasteiger charge is 2.22. The Bertz CT molecular complexity index is 422. The molecule has 0 amide bonds. The fourth-order valence-corrected chi connectivity index (χ4v) is 2.14. The molecule has 98 valence electrons. The quantitative estimate of drug-likeness (QED) is 0.524. The van der Waals surface area contributed by atoms with Crippen molar-refractivity contribution in [2.45, 2.75) is 12.6 Å².